The van der Waals surface area contributed by atoms with Crippen molar-refractivity contribution in [2.75, 3.05) is 10.5 Å². The van der Waals surface area contributed by atoms with E-state index in [2.05, 4.69) is 0 Å². The quantitative estimate of drug-likeness (QED) is 0.629. The van der Waals surface area contributed by atoms with E-state index < -0.39 is 28.6 Å². The smallest absolute Gasteiger partial charge is 0.340 e. The van der Waals surface area contributed by atoms with Gasteiger partial charge >= 0.3 is 5.97 Å². The molecule has 0 aliphatic rings. The molecule has 0 bridgehead atoms. The minimum Gasteiger partial charge on any atom is -0.769 e. The summed E-state index contributed by atoms with van der Waals surface area (Å²) in [6, 6.07) is 1.73. The van der Waals surface area contributed by atoms with E-state index in [0.29, 0.717) is 6.42 Å². The van der Waals surface area contributed by atoms with E-state index >= 15 is 0 Å². The molecule has 0 amide bonds. The molecule has 20 heavy (non-hydrogen) atoms. The Labute approximate surface area is 119 Å². The van der Waals surface area contributed by atoms with E-state index in [1.807, 2.05) is 0 Å². The first-order chi connectivity index (χ1) is 9.27. The van der Waals surface area contributed by atoms with Gasteiger partial charge in [0.05, 0.1) is 16.7 Å². The Bertz CT molecular complexity index is 494. The van der Waals surface area contributed by atoms with Gasteiger partial charge in [0.2, 0.25) is 0 Å². The van der Waals surface area contributed by atoms with Gasteiger partial charge in [-0.1, -0.05) is 18.5 Å². The summed E-state index contributed by atoms with van der Waals surface area (Å²) in [6.07, 6.45) is 0.104. The highest BCUT2D eigenvalue weighted by atomic mass is 35.5. The van der Waals surface area contributed by atoms with Crippen LogP contribution in [0, 0.1) is 10.4 Å². The van der Waals surface area contributed by atoms with Crippen LogP contribution in [0.3, 0.4) is 0 Å². The van der Waals surface area contributed by atoms with Gasteiger partial charge in [-0.3, -0.25) is 10.4 Å². The van der Waals surface area contributed by atoms with Crippen molar-refractivity contribution >= 4 is 28.9 Å². The molecule has 1 atom stereocenters. The van der Waals surface area contributed by atoms with Crippen molar-refractivity contribution in [1.82, 2.24) is 0 Å². The maximum absolute atomic E-state index is 11.9. The zero-order valence-corrected chi connectivity index (χ0v) is 11.5. The molecule has 1 rings (SSSR count). The average molecular weight is 305 g/mol. The number of esters is 1. The third kappa shape index (κ3) is 3.71. The largest absolute Gasteiger partial charge is 0.769 e. The van der Waals surface area contributed by atoms with Crippen LogP contribution in [0.5, 0.6) is 0 Å². The Morgan fingerprint density at radius 1 is 1.40 bits per heavy atom. The second-order valence-electron chi connectivity index (χ2n) is 3.99. The monoisotopic (exact) mass is 304 g/mol. The van der Waals surface area contributed by atoms with Crippen molar-refractivity contribution in [3.05, 3.63) is 33.1 Å². The highest BCUT2D eigenvalue weighted by Gasteiger charge is 2.19. The van der Waals surface area contributed by atoms with E-state index in [4.69, 9.17) is 26.8 Å². The number of halogens is 1. The Kier molecular flexibility index (Phi) is 5.54. The number of anilines is 2. The van der Waals surface area contributed by atoms with Gasteiger partial charge in [-0.15, -0.1) is 5.23 Å². The number of hydrogen-bond donors (Lipinski definition) is 2. The van der Waals surface area contributed by atoms with Crippen molar-refractivity contribution in [2.45, 2.75) is 26.4 Å². The first-order valence-corrected chi connectivity index (χ1v) is 6.02. The van der Waals surface area contributed by atoms with Gasteiger partial charge in [-0.25, -0.2) is 4.79 Å². The molecule has 0 radical (unpaired) electrons. The topological polar surface area (TPSA) is 119 Å². The maximum Gasteiger partial charge on any atom is 0.340 e. The Hall–Kier alpha value is -1.58. The van der Waals surface area contributed by atoms with Gasteiger partial charge in [0.1, 0.15) is 5.69 Å². The predicted molar refractivity (Wildman–Crippen MR) is 71.9 cm³/mol. The fraction of sp³-hybridized carbons (Fsp3) is 0.364. The second kappa shape index (κ2) is 6.73. The number of benzene rings is 1. The van der Waals surface area contributed by atoms with Gasteiger partial charge in [0, 0.05) is 5.69 Å². The lowest BCUT2D eigenvalue weighted by Gasteiger charge is -2.39. The molecule has 0 aliphatic carbocycles. The Balaban J connectivity index is 3.27. The minimum absolute atomic E-state index is 0.290. The fourth-order valence-corrected chi connectivity index (χ4v) is 1.58. The van der Waals surface area contributed by atoms with Crippen molar-refractivity contribution in [3.63, 3.8) is 0 Å². The number of hydrogen-bond acceptors (Lipinski definition) is 8. The van der Waals surface area contributed by atoms with Crippen molar-refractivity contribution in [1.29, 1.82) is 0 Å². The van der Waals surface area contributed by atoms with E-state index in [1.54, 1.807) is 13.8 Å². The third-order valence-corrected chi connectivity index (χ3v) is 2.88. The minimum atomic E-state index is -0.939. The molecule has 0 fully saturated rings. The molecule has 112 valence electrons. The van der Waals surface area contributed by atoms with Crippen LogP contribution in [0.1, 0.15) is 30.6 Å². The molecule has 0 unspecified atom stereocenters. The molecule has 9 heteroatoms. The maximum atomic E-state index is 11.9. The van der Waals surface area contributed by atoms with Gasteiger partial charge in [0.15, 0.2) is 0 Å². The summed E-state index contributed by atoms with van der Waals surface area (Å²) in [4.78, 5) is 11.9. The lowest BCUT2D eigenvalue weighted by Crippen LogP contribution is -2.19. The lowest BCUT2D eigenvalue weighted by molar-refractivity contribution is 0.0289. The molecule has 0 saturated heterocycles. The molecule has 0 aromatic heterocycles. The number of nitrogens with zero attached hydrogens (tertiary/aromatic N) is 2. The summed E-state index contributed by atoms with van der Waals surface area (Å²) in [5.74, 6) is -0.939. The van der Waals surface area contributed by atoms with Crippen LogP contribution in [-0.2, 0) is 4.74 Å². The van der Waals surface area contributed by atoms with Crippen LogP contribution in [0.15, 0.2) is 12.1 Å². The third-order valence-electron chi connectivity index (χ3n) is 2.58. The van der Waals surface area contributed by atoms with E-state index in [0.717, 1.165) is 12.1 Å². The fourth-order valence-electron chi connectivity index (χ4n) is 1.35. The number of carbonyl (C=O) groups excluding carboxylic acids is 1. The van der Waals surface area contributed by atoms with Crippen LogP contribution in [0.25, 0.3) is 0 Å². The van der Waals surface area contributed by atoms with Crippen molar-refractivity contribution < 1.29 is 19.9 Å². The molecular formula is C11H13ClN2O6-2. The van der Waals surface area contributed by atoms with Crippen molar-refractivity contribution in [3.8, 4) is 0 Å². The molecule has 0 aliphatic heterocycles. The molecule has 0 heterocycles. The van der Waals surface area contributed by atoms with Crippen LogP contribution >= 0.6 is 11.6 Å². The van der Waals surface area contributed by atoms with Gasteiger partial charge in [-0.2, -0.15) is 0 Å². The van der Waals surface area contributed by atoms with Crippen LogP contribution in [0.4, 0.5) is 11.4 Å². The second-order valence-corrected chi connectivity index (χ2v) is 4.40. The van der Waals surface area contributed by atoms with Crippen LogP contribution in [-0.4, -0.2) is 22.5 Å². The zero-order valence-electron chi connectivity index (χ0n) is 10.7. The summed E-state index contributed by atoms with van der Waals surface area (Å²) in [5, 5.41) is 38.3. The highest BCUT2D eigenvalue weighted by molar-refractivity contribution is 6.33. The molecular weight excluding hydrogens is 292 g/mol. The molecule has 1 aromatic rings. The summed E-state index contributed by atoms with van der Waals surface area (Å²) in [7, 11) is 0. The Morgan fingerprint density at radius 3 is 2.45 bits per heavy atom. The molecule has 1 aromatic carbocycles. The van der Waals surface area contributed by atoms with Gasteiger partial charge < -0.3 is 20.4 Å². The molecule has 2 N–H and O–H groups in total. The summed E-state index contributed by atoms with van der Waals surface area (Å²) >= 11 is 5.66. The first kappa shape index (κ1) is 16.5. The average Bonchev–Trinajstić information content (AvgIpc) is 2.37. The van der Waals surface area contributed by atoms with Crippen molar-refractivity contribution in [2.24, 2.45) is 0 Å². The van der Waals surface area contributed by atoms with Gasteiger partial charge in [-0.05, 0) is 25.5 Å². The highest BCUT2D eigenvalue weighted by Crippen LogP contribution is 2.33. The number of ether oxygens (including phenoxy) is 1. The standard InChI is InChI=1S/C11H13ClN2O6/c1-3-6(2)20-11(15)7-4-10(14(18)19)8(12)5-9(7)13(16)17/h4-6,18-19H,3H2,1-2H3/q-2/t6-/m1/s1. The molecule has 0 saturated carbocycles. The predicted octanol–water partition coefficient (Wildman–Crippen LogP) is 2.68. The van der Waals surface area contributed by atoms with Crippen LogP contribution in [0.2, 0.25) is 5.02 Å². The SMILES string of the molecule is CC[C@@H](C)OC(=O)c1cc(N(O)O)c(Cl)cc1N([O-])[O-]. The van der Waals surface area contributed by atoms with E-state index in [9.17, 15) is 15.2 Å². The normalized spacial score (nSPS) is 11.9. The number of rotatable bonds is 5. The zero-order chi connectivity index (χ0) is 15.4. The summed E-state index contributed by atoms with van der Waals surface area (Å²) < 4.78 is 4.98. The molecule has 8 nitrogen and oxygen atoms in total. The summed E-state index contributed by atoms with van der Waals surface area (Å²) in [5.41, 5.74) is -1.36. The Morgan fingerprint density at radius 2 is 2.00 bits per heavy atom. The molecule has 0 spiro atoms. The van der Waals surface area contributed by atoms with Crippen LogP contribution < -0.4 is 10.5 Å². The lowest BCUT2D eigenvalue weighted by atomic mass is 10.1. The first-order valence-electron chi connectivity index (χ1n) is 5.64. The van der Waals surface area contributed by atoms with E-state index in [-0.39, 0.29) is 15.9 Å². The van der Waals surface area contributed by atoms with Gasteiger partial charge in [0.25, 0.3) is 0 Å². The number of carbonyl (C=O) groups is 1. The van der Waals surface area contributed by atoms with E-state index in [1.165, 1.54) is 0 Å². The summed E-state index contributed by atoms with van der Waals surface area (Å²) in [6.45, 7) is 3.41.